The third-order valence-corrected chi connectivity index (χ3v) is 4.96. The smallest absolute Gasteiger partial charge is 0.113 e. The predicted octanol–water partition coefficient (Wildman–Crippen LogP) is 3.65. The van der Waals surface area contributed by atoms with E-state index in [2.05, 4.69) is 53.9 Å². The third-order valence-electron chi connectivity index (χ3n) is 3.90. The van der Waals surface area contributed by atoms with Crippen molar-refractivity contribution in [1.29, 1.82) is 0 Å². The van der Waals surface area contributed by atoms with Crippen LogP contribution in [-0.2, 0) is 13.0 Å². The molecule has 0 aliphatic carbocycles. The topological polar surface area (TPSA) is 43.8 Å². The minimum Gasteiger partial charge on any atom is -0.340 e. The lowest BCUT2D eigenvalue weighted by molar-refractivity contribution is 0.800. The summed E-state index contributed by atoms with van der Waals surface area (Å²) in [6, 6.07) is 8.60. The molecule has 3 aromatic rings. The second kappa shape index (κ2) is 6.00. The first-order valence-electron chi connectivity index (χ1n) is 7.38. The molecule has 0 amide bonds. The van der Waals surface area contributed by atoms with E-state index in [0.29, 0.717) is 0 Å². The summed E-state index contributed by atoms with van der Waals surface area (Å²) in [7, 11) is 0. The van der Waals surface area contributed by atoms with Gasteiger partial charge in [0, 0.05) is 22.0 Å². The molecular formula is C17H21N3S. The first-order valence-corrected chi connectivity index (χ1v) is 8.20. The van der Waals surface area contributed by atoms with Crippen molar-refractivity contribution >= 4 is 22.2 Å². The molecule has 2 heterocycles. The monoisotopic (exact) mass is 299 g/mol. The van der Waals surface area contributed by atoms with Gasteiger partial charge in [-0.2, -0.15) is 0 Å². The fraction of sp³-hybridized carbons (Fsp3) is 0.353. The summed E-state index contributed by atoms with van der Waals surface area (Å²) in [6.45, 7) is 5.81. The zero-order valence-corrected chi connectivity index (χ0v) is 13.4. The number of fused-ring (bicyclic) bond motifs is 1. The number of aromatic nitrogens is 2. The van der Waals surface area contributed by atoms with E-state index in [1.54, 1.807) is 11.3 Å². The number of thiazole rings is 1. The summed E-state index contributed by atoms with van der Waals surface area (Å²) in [5.41, 5.74) is 9.48. The lowest BCUT2D eigenvalue weighted by Crippen LogP contribution is -2.00. The first-order chi connectivity index (χ1) is 10.2. The molecule has 4 heteroatoms. The fourth-order valence-electron chi connectivity index (χ4n) is 2.70. The molecular weight excluding hydrogens is 278 g/mol. The molecule has 21 heavy (non-hydrogen) atoms. The van der Waals surface area contributed by atoms with Crippen LogP contribution >= 0.6 is 11.3 Å². The highest BCUT2D eigenvalue weighted by Gasteiger charge is 2.10. The van der Waals surface area contributed by atoms with E-state index >= 15 is 0 Å². The zero-order valence-electron chi connectivity index (χ0n) is 12.6. The number of aryl methyl sites for hydroxylation is 3. The van der Waals surface area contributed by atoms with Gasteiger partial charge in [-0.05, 0) is 44.9 Å². The number of nitrogens with two attached hydrogens (primary N) is 1. The van der Waals surface area contributed by atoms with Gasteiger partial charge < -0.3 is 10.3 Å². The normalized spacial score (nSPS) is 11.4. The second-order valence-electron chi connectivity index (χ2n) is 5.44. The van der Waals surface area contributed by atoms with Crippen LogP contribution in [0.15, 0.2) is 30.5 Å². The van der Waals surface area contributed by atoms with Crippen LogP contribution in [0.2, 0.25) is 0 Å². The van der Waals surface area contributed by atoms with Crippen LogP contribution in [0.25, 0.3) is 10.9 Å². The number of rotatable bonds is 5. The maximum atomic E-state index is 5.66. The number of hydrogen-bond acceptors (Lipinski definition) is 3. The lowest BCUT2D eigenvalue weighted by atomic mass is 10.1. The fourth-order valence-corrected chi connectivity index (χ4v) is 3.63. The van der Waals surface area contributed by atoms with Gasteiger partial charge in [0.05, 0.1) is 12.2 Å². The minimum absolute atomic E-state index is 0.740. The maximum absolute atomic E-state index is 5.66. The Morgan fingerprint density at radius 2 is 2.05 bits per heavy atom. The van der Waals surface area contributed by atoms with Gasteiger partial charge in [0.1, 0.15) is 5.01 Å². The van der Waals surface area contributed by atoms with Gasteiger partial charge in [0.15, 0.2) is 0 Å². The Morgan fingerprint density at radius 1 is 1.24 bits per heavy atom. The van der Waals surface area contributed by atoms with Crippen molar-refractivity contribution in [2.24, 2.45) is 5.73 Å². The van der Waals surface area contributed by atoms with Gasteiger partial charge in [0.25, 0.3) is 0 Å². The van der Waals surface area contributed by atoms with Crippen LogP contribution in [0.3, 0.4) is 0 Å². The molecule has 0 radical (unpaired) electrons. The number of nitrogens with zero attached hydrogens (tertiary/aromatic N) is 2. The van der Waals surface area contributed by atoms with Crippen LogP contribution in [0.1, 0.15) is 27.6 Å². The predicted molar refractivity (Wildman–Crippen MR) is 90.0 cm³/mol. The Morgan fingerprint density at radius 3 is 2.76 bits per heavy atom. The van der Waals surface area contributed by atoms with Crippen LogP contribution in [0.5, 0.6) is 0 Å². The van der Waals surface area contributed by atoms with E-state index in [-0.39, 0.29) is 0 Å². The van der Waals surface area contributed by atoms with Crippen LogP contribution in [0, 0.1) is 13.8 Å². The third kappa shape index (κ3) is 2.87. The highest BCUT2D eigenvalue weighted by atomic mass is 32.1. The SMILES string of the molecule is Cc1nc(Cn2cc(CCCN)c3ccccc32)sc1C. The van der Waals surface area contributed by atoms with Gasteiger partial charge in [-0.15, -0.1) is 11.3 Å². The van der Waals surface area contributed by atoms with Gasteiger partial charge in [-0.3, -0.25) is 0 Å². The molecule has 1 aromatic carbocycles. The molecule has 2 N–H and O–H groups in total. The highest BCUT2D eigenvalue weighted by molar-refractivity contribution is 7.11. The van der Waals surface area contributed by atoms with Crippen molar-refractivity contribution in [2.75, 3.05) is 6.54 Å². The van der Waals surface area contributed by atoms with Crippen molar-refractivity contribution in [3.63, 3.8) is 0 Å². The van der Waals surface area contributed by atoms with Crippen LogP contribution in [0.4, 0.5) is 0 Å². The second-order valence-corrected chi connectivity index (χ2v) is 6.73. The van der Waals surface area contributed by atoms with Crippen LogP contribution in [-0.4, -0.2) is 16.1 Å². The Hall–Kier alpha value is -1.65. The molecule has 3 nitrogen and oxygen atoms in total. The average Bonchev–Trinajstić information content (AvgIpc) is 2.98. The summed E-state index contributed by atoms with van der Waals surface area (Å²) in [4.78, 5) is 5.97. The van der Waals surface area contributed by atoms with E-state index in [1.807, 2.05) is 0 Å². The van der Waals surface area contributed by atoms with Crippen LogP contribution < -0.4 is 5.73 Å². The largest absolute Gasteiger partial charge is 0.340 e. The quantitative estimate of drug-likeness (QED) is 0.781. The van der Waals surface area contributed by atoms with Crippen molar-refractivity contribution in [2.45, 2.75) is 33.2 Å². The molecule has 0 fully saturated rings. The van der Waals surface area contributed by atoms with Gasteiger partial charge >= 0.3 is 0 Å². The Balaban J connectivity index is 1.97. The van der Waals surface area contributed by atoms with E-state index in [1.165, 1.54) is 26.4 Å². The highest BCUT2D eigenvalue weighted by Crippen LogP contribution is 2.25. The maximum Gasteiger partial charge on any atom is 0.113 e. The zero-order chi connectivity index (χ0) is 14.8. The molecule has 0 atom stereocenters. The van der Waals surface area contributed by atoms with E-state index in [0.717, 1.165) is 31.6 Å². The number of para-hydroxylation sites is 1. The minimum atomic E-state index is 0.740. The van der Waals surface area contributed by atoms with Crippen molar-refractivity contribution in [3.8, 4) is 0 Å². The molecule has 0 aliphatic rings. The Labute approximate surface area is 129 Å². The molecule has 3 rings (SSSR count). The molecule has 0 saturated carbocycles. The molecule has 0 bridgehead atoms. The van der Waals surface area contributed by atoms with Crippen molar-refractivity contribution in [1.82, 2.24) is 9.55 Å². The standard InChI is InChI=1S/C17H21N3S/c1-12-13(2)21-17(19-12)11-20-10-14(6-5-9-18)15-7-3-4-8-16(15)20/h3-4,7-8,10H,5-6,9,11,18H2,1-2H3. The van der Waals surface area contributed by atoms with Gasteiger partial charge in [-0.1, -0.05) is 18.2 Å². The lowest BCUT2D eigenvalue weighted by Gasteiger charge is -2.01. The summed E-state index contributed by atoms with van der Waals surface area (Å²) < 4.78 is 2.32. The molecule has 0 spiro atoms. The van der Waals surface area contributed by atoms with E-state index in [9.17, 15) is 0 Å². The summed E-state index contributed by atoms with van der Waals surface area (Å²) in [6.07, 6.45) is 4.34. The van der Waals surface area contributed by atoms with Gasteiger partial charge in [0.2, 0.25) is 0 Å². The Kier molecular flexibility index (Phi) is 4.08. The van der Waals surface area contributed by atoms with Crippen molar-refractivity contribution < 1.29 is 0 Å². The summed E-state index contributed by atoms with van der Waals surface area (Å²) >= 11 is 1.79. The van der Waals surface area contributed by atoms with E-state index < -0.39 is 0 Å². The number of hydrogen-bond donors (Lipinski definition) is 1. The summed E-state index contributed by atoms with van der Waals surface area (Å²) in [5.74, 6) is 0. The Bertz CT molecular complexity index is 735. The van der Waals surface area contributed by atoms with Gasteiger partial charge in [-0.25, -0.2) is 4.98 Å². The number of benzene rings is 1. The average molecular weight is 299 g/mol. The molecule has 0 aliphatic heterocycles. The molecule has 0 unspecified atom stereocenters. The summed E-state index contributed by atoms with van der Waals surface area (Å²) in [5, 5.41) is 2.52. The van der Waals surface area contributed by atoms with E-state index in [4.69, 9.17) is 5.73 Å². The molecule has 110 valence electrons. The first kappa shape index (κ1) is 14.3. The molecule has 2 aromatic heterocycles. The molecule has 0 saturated heterocycles. The van der Waals surface area contributed by atoms with Crippen molar-refractivity contribution in [3.05, 3.63) is 51.6 Å².